The minimum absolute atomic E-state index is 0.0661. The molecule has 0 N–H and O–H groups in total. The number of hydrogen-bond donors (Lipinski definition) is 0. The summed E-state index contributed by atoms with van der Waals surface area (Å²) in [6, 6.07) is 13.2. The molecule has 0 bridgehead atoms. The quantitative estimate of drug-likeness (QED) is 0.399. The van der Waals surface area contributed by atoms with Crippen LogP contribution in [0.4, 0.5) is 0 Å². The number of aromatic nitrogens is 4. The molecule has 0 radical (unpaired) electrons. The zero-order valence-corrected chi connectivity index (χ0v) is 19.5. The molecule has 0 saturated carbocycles. The SMILES string of the molecule is COc1ccc([C@@H]2CC(c3cccs3)=NN2C(=O)Cn2nnc(-c3cccs3)n2)cc1OC. The largest absolute Gasteiger partial charge is 0.493 e. The number of benzene rings is 1. The van der Waals surface area contributed by atoms with E-state index in [9.17, 15) is 4.79 Å². The van der Waals surface area contributed by atoms with E-state index in [0.29, 0.717) is 23.7 Å². The number of amides is 1. The highest BCUT2D eigenvalue weighted by Crippen LogP contribution is 2.38. The topological polar surface area (TPSA) is 94.7 Å². The Bertz CT molecular complexity index is 1280. The molecule has 1 atom stereocenters. The summed E-state index contributed by atoms with van der Waals surface area (Å²) in [5.41, 5.74) is 1.77. The van der Waals surface area contributed by atoms with Crippen molar-refractivity contribution in [2.75, 3.05) is 14.2 Å². The van der Waals surface area contributed by atoms with Gasteiger partial charge in [-0.3, -0.25) is 4.79 Å². The Hall–Kier alpha value is -3.57. The van der Waals surface area contributed by atoms with E-state index in [1.807, 2.05) is 53.2 Å². The second kappa shape index (κ2) is 9.12. The van der Waals surface area contributed by atoms with Crippen molar-refractivity contribution in [1.29, 1.82) is 0 Å². The first-order valence-corrected chi connectivity index (χ1v) is 11.9. The van der Waals surface area contributed by atoms with E-state index in [1.165, 1.54) is 21.1 Å². The van der Waals surface area contributed by atoms with Crippen LogP contribution in [-0.4, -0.2) is 51.1 Å². The standard InChI is InChI=1S/C22H20N6O3S2/c1-30-17-8-7-14(11-18(17)31-2)16-12-15(19-5-3-9-32-19)24-28(16)21(29)13-27-25-22(23-26-27)20-6-4-10-33-20/h3-11,16H,12-13H2,1-2H3/t16-/m0/s1. The van der Waals surface area contributed by atoms with E-state index < -0.39 is 0 Å². The third-order valence-corrected chi connectivity index (χ3v) is 7.02. The summed E-state index contributed by atoms with van der Waals surface area (Å²) in [5.74, 6) is 1.50. The lowest BCUT2D eigenvalue weighted by Gasteiger charge is -2.22. The molecule has 4 heterocycles. The normalized spacial score (nSPS) is 15.5. The van der Waals surface area contributed by atoms with Crippen molar-refractivity contribution in [3.05, 3.63) is 63.7 Å². The fourth-order valence-electron chi connectivity index (χ4n) is 3.66. The second-order valence-corrected chi connectivity index (χ2v) is 9.11. The number of rotatable bonds is 7. The Morgan fingerprint density at radius 3 is 2.52 bits per heavy atom. The summed E-state index contributed by atoms with van der Waals surface area (Å²) in [6.07, 6.45) is 0.590. The van der Waals surface area contributed by atoms with Crippen LogP contribution in [0.2, 0.25) is 0 Å². The molecule has 0 unspecified atom stereocenters. The summed E-state index contributed by atoms with van der Waals surface area (Å²) in [5, 5.41) is 22.6. The van der Waals surface area contributed by atoms with Crippen molar-refractivity contribution < 1.29 is 14.3 Å². The number of carbonyl (C=O) groups excluding carboxylic acids is 1. The molecule has 1 amide bonds. The van der Waals surface area contributed by atoms with Crippen LogP contribution in [0.15, 0.2) is 58.3 Å². The number of nitrogens with zero attached hydrogens (tertiary/aromatic N) is 6. The van der Waals surface area contributed by atoms with Crippen molar-refractivity contribution in [2.45, 2.75) is 19.0 Å². The highest BCUT2D eigenvalue weighted by Gasteiger charge is 2.34. The smallest absolute Gasteiger partial charge is 0.266 e. The number of methoxy groups -OCH3 is 2. The van der Waals surface area contributed by atoms with Crippen LogP contribution in [0.3, 0.4) is 0 Å². The molecule has 1 aromatic carbocycles. The fourth-order valence-corrected chi connectivity index (χ4v) is 5.03. The third-order valence-electron chi connectivity index (χ3n) is 5.23. The van der Waals surface area contributed by atoms with Crippen molar-refractivity contribution in [3.63, 3.8) is 0 Å². The van der Waals surface area contributed by atoms with Gasteiger partial charge in [0.15, 0.2) is 11.5 Å². The predicted octanol–water partition coefficient (Wildman–Crippen LogP) is 3.86. The van der Waals surface area contributed by atoms with Crippen LogP contribution in [0.5, 0.6) is 11.5 Å². The predicted molar refractivity (Wildman–Crippen MR) is 126 cm³/mol. The first kappa shape index (κ1) is 21.3. The molecule has 0 spiro atoms. The summed E-state index contributed by atoms with van der Waals surface area (Å²) in [7, 11) is 3.19. The number of ether oxygens (including phenoxy) is 2. The first-order chi connectivity index (χ1) is 16.2. The van der Waals surface area contributed by atoms with Gasteiger partial charge in [-0.1, -0.05) is 18.2 Å². The van der Waals surface area contributed by atoms with Gasteiger partial charge in [0.05, 0.1) is 35.7 Å². The van der Waals surface area contributed by atoms with Crippen LogP contribution < -0.4 is 9.47 Å². The minimum Gasteiger partial charge on any atom is -0.493 e. The van der Waals surface area contributed by atoms with Crippen LogP contribution in [0.25, 0.3) is 10.7 Å². The molecule has 0 saturated heterocycles. The van der Waals surface area contributed by atoms with Crippen molar-refractivity contribution in [3.8, 4) is 22.2 Å². The monoisotopic (exact) mass is 480 g/mol. The number of tetrazole rings is 1. The molecule has 33 heavy (non-hydrogen) atoms. The number of thiophene rings is 2. The van der Waals surface area contributed by atoms with Crippen LogP contribution >= 0.6 is 22.7 Å². The summed E-state index contributed by atoms with van der Waals surface area (Å²) >= 11 is 3.12. The Kier molecular flexibility index (Phi) is 5.88. The highest BCUT2D eigenvalue weighted by molar-refractivity contribution is 7.13. The van der Waals surface area contributed by atoms with Crippen LogP contribution in [0.1, 0.15) is 22.9 Å². The van der Waals surface area contributed by atoms with Gasteiger partial charge in [-0.25, -0.2) is 5.01 Å². The van der Waals surface area contributed by atoms with Crippen LogP contribution in [0, 0.1) is 0 Å². The minimum atomic E-state index is -0.283. The molecule has 0 aliphatic carbocycles. The van der Waals surface area contributed by atoms with Gasteiger partial charge in [0.25, 0.3) is 5.91 Å². The lowest BCUT2D eigenvalue weighted by molar-refractivity contribution is -0.134. The third kappa shape index (κ3) is 4.24. The Morgan fingerprint density at radius 2 is 1.82 bits per heavy atom. The van der Waals surface area contributed by atoms with Crippen molar-refractivity contribution in [2.24, 2.45) is 5.10 Å². The zero-order valence-electron chi connectivity index (χ0n) is 17.9. The van der Waals surface area contributed by atoms with Crippen molar-refractivity contribution >= 4 is 34.3 Å². The average Bonchev–Trinajstić information content (AvgIpc) is 3.63. The number of carbonyl (C=O) groups is 1. The van der Waals surface area contributed by atoms with Gasteiger partial charge in [-0.2, -0.15) is 9.90 Å². The Labute approximate surface area is 197 Å². The van der Waals surface area contributed by atoms with Gasteiger partial charge in [0.2, 0.25) is 5.82 Å². The highest BCUT2D eigenvalue weighted by atomic mass is 32.1. The molecule has 3 aromatic heterocycles. The number of hydrazone groups is 1. The molecule has 1 aliphatic heterocycles. The van der Waals surface area contributed by atoms with Gasteiger partial charge >= 0.3 is 0 Å². The van der Waals surface area contributed by atoms with E-state index in [0.717, 1.165) is 21.0 Å². The molecule has 0 fully saturated rings. The van der Waals surface area contributed by atoms with E-state index in [-0.39, 0.29) is 18.5 Å². The molecule has 1 aliphatic rings. The molecule has 168 valence electrons. The van der Waals surface area contributed by atoms with Gasteiger partial charge in [-0.05, 0) is 45.8 Å². The Morgan fingerprint density at radius 1 is 1.06 bits per heavy atom. The van der Waals surface area contributed by atoms with E-state index >= 15 is 0 Å². The molecule has 11 heteroatoms. The first-order valence-electron chi connectivity index (χ1n) is 10.1. The second-order valence-electron chi connectivity index (χ2n) is 7.22. The lowest BCUT2D eigenvalue weighted by Crippen LogP contribution is -2.31. The summed E-state index contributed by atoms with van der Waals surface area (Å²) in [6.45, 7) is -0.0661. The molecule has 5 rings (SSSR count). The van der Waals surface area contributed by atoms with E-state index in [2.05, 4.69) is 15.4 Å². The van der Waals surface area contributed by atoms with E-state index in [4.69, 9.17) is 14.6 Å². The average molecular weight is 481 g/mol. The lowest BCUT2D eigenvalue weighted by atomic mass is 10.0. The molecular weight excluding hydrogens is 460 g/mol. The van der Waals surface area contributed by atoms with Gasteiger partial charge < -0.3 is 9.47 Å². The van der Waals surface area contributed by atoms with E-state index in [1.54, 1.807) is 25.6 Å². The summed E-state index contributed by atoms with van der Waals surface area (Å²) < 4.78 is 10.8. The van der Waals surface area contributed by atoms with Gasteiger partial charge in [0.1, 0.15) is 6.54 Å². The van der Waals surface area contributed by atoms with Crippen LogP contribution in [-0.2, 0) is 11.3 Å². The number of hydrogen-bond acceptors (Lipinski definition) is 9. The maximum Gasteiger partial charge on any atom is 0.266 e. The zero-order chi connectivity index (χ0) is 22.8. The van der Waals surface area contributed by atoms with Crippen molar-refractivity contribution in [1.82, 2.24) is 25.2 Å². The molecular formula is C22H20N6O3S2. The van der Waals surface area contributed by atoms with Gasteiger partial charge in [-0.15, -0.1) is 32.9 Å². The maximum atomic E-state index is 13.3. The summed E-state index contributed by atoms with van der Waals surface area (Å²) in [4.78, 5) is 16.6. The Balaban J connectivity index is 1.43. The molecule has 9 nitrogen and oxygen atoms in total. The molecule has 4 aromatic rings. The fraction of sp³-hybridized carbons (Fsp3) is 0.227. The maximum absolute atomic E-state index is 13.3. The van der Waals surface area contributed by atoms with Gasteiger partial charge in [0, 0.05) is 6.42 Å².